The van der Waals surface area contributed by atoms with Gasteiger partial charge in [-0.1, -0.05) is 37.6 Å². The minimum absolute atomic E-state index is 0. The van der Waals surface area contributed by atoms with E-state index in [1.54, 1.807) is 7.11 Å². The van der Waals surface area contributed by atoms with Crippen LogP contribution in [0.25, 0.3) is 0 Å². The number of ether oxygens (including phenoxy) is 2. The first kappa shape index (κ1) is 22.1. The molecule has 138 valence electrons. The highest BCUT2D eigenvalue weighted by Gasteiger charge is 2.12. The second-order valence-electron chi connectivity index (χ2n) is 6.05. The van der Waals surface area contributed by atoms with E-state index in [0.717, 1.165) is 39.5 Å². The van der Waals surface area contributed by atoms with Crippen LogP contribution in [0.15, 0.2) is 40.9 Å². The number of hydrogen-bond donors (Lipinski definition) is 1. The Morgan fingerprint density at radius 3 is 2.40 bits per heavy atom. The standard InChI is InChI=1S/C19H23BrClNO2.ClH/c1-13(2)10-22-11-15-8-17(20)19(18(9-15)23-3)24-12-14-4-6-16(21)7-5-14;/h4-9,13,22H,10-12H2,1-3H3;1H. The lowest BCUT2D eigenvalue weighted by Crippen LogP contribution is -2.19. The molecule has 6 heteroatoms. The summed E-state index contributed by atoms with van der Waals surface area (Å²) in [7, 11) is 1.66. The van der Waals surface area contributed by atoms with Gasteiger partial charge in [-0.25, -0.2) is 0 Å². The first-order chi connectivity index (χ1) is 11.5. The molecule has 3 nitrogen and oxygen atoms in total. The topological polar surface area (TPSA) is 30.5 Å². The van der Waals surface area contributed by atoms with E-state index in [0.29, 0.717) is 18.3 Å². The normalized spacial score (nSPS) is 10.5. The highest BCUT2D eigenvalue weighted by atomic mass is 79.9. The number of rotatable bonds is 8. The molecule has 2 aromatic rings. The van der Waals surface area contributed by atoms with Gasteiger partial charge in [-0.15, -0.1) is 12.4 Å². The summed E-state index contributed by atoms with van der Waals surface area (Å²) in [4.78, 5) is 0. The molecular formula is C19H24BrCl2NO2. The molecule has 2 rings (SSSR count). The van der Waals surface area contributed by atoms with E-state index in [4.69, 9.17) is 21.1 Å². The van der Waals surface area contributed by atoms with E-state index >= 15 is 0 Å². The molecule has 0 radical (unpaired) electrons. The molecular weight excluding hydrogens is 425 g/mol. The fraction of sp³-hybridized carbons (Fsp3) is 0.368. The number of methoxy groups -OCH3 is 1. The summed E-state index contributed by atoms with van der Waals surface area (Å²) in [5.74, 6) is 2.05. The van der Waals surface area contributed by atoms with Gasteiger partial charge in [0, 0.05) is 11.6 Å². The minimum atomic E-state index is 0. The van der Waals surface area contributed by atoms with Gasteiger partial charge in [0.15, 0.2) is 11.5 Å². The highest BCUT2D eigenvalue weighted by Crippen LogP contribution is 2.37. The molecule has 0 atom stereocenters. The fourth-order valence-corrected chi connectivity index (χ4v) is 2.99. The third-order valence-corrected chi connectivity index (χ3v) is 4.31. The Morgan fingerprint density at radius 1 is 1.12 bits per heavy atom. The molecule has 1 N–H and O–H groups in total. The van der Waals surface area contributed by atoms with Crippen LogP contribution in [-0.2, 0) is 13.2 Å². The predicted molar refractivity (Wildman–Crippen MR) is 110 cm³/mol. The van der Waals surface area contributed by atoms with Crippen LogP contribution in [0, 0.1) is 5.92 Å². The maximum Gasteiger partial charge on any atom is 0.175 e. The summed E-state index contributed by atoms with van der Waals surface area (Å²) in [6, 6.07) is 11.7. The summed E-state index contributed by atoms with van der Waals surface area (Å²) in [6.07, 6.45) is 0. The van der Waals surface area contributed by atoms with E-state index in [9.17, 15) is 0 Å². The molecule has 0 aromatic heterocycles. The molecule has 0 fully saturated rings. The van der Waals surface area contributed by atoms with Crippen LogP contribution >= 0.6 is 39.9 Å². The van der Waals surface area contributed by atoms with Crippen LogP contribution in [0.4, 0.5) is 0 Å². The van der Waals surface area contributed by atoms with Crippen LogP contribution in [0.2, 0.25) is 5.02 Å². The van der Waals surface area contributed by atoms with Gasteiger partial charge < -0.3 is 14.8 Å². The van der Waals surface area contributed by atoms with Crippen molar-refractivity contribution in [3.63, 3.8) is 0 Å². The van der Waals surface area contributed by atoms with E-state index in [2.05, 4.69) is 41.2 Å². The average Bonchev–Trinajstić information content (AvgIpc) is 2.54. The smallest absolute Gasteiger partial charge is 0.175 e. The molecule has 0 aliphatic rings. The number of halogens is 3. The minimum Gasteiger partial charge on any atom is -0.493 e. The van der Waals surface area contributed by atoms with Crippen LogP contribution in [-0.4, -0.2) is 13.7 Å². The molecule has 25 heavy (non-hydrogen) atoms. The second-order valence-corrected chi connectivity index (χ2v) is 7.34. The van der Waals surface area contributed by atoms with Crippen LogP contribution in [0.5, 0.6) is 11.5 Å². The zero-order valence-electron chi connectivity index (χ0n) is 14.6. The van der Waals surface area contributed by atoms with Gasteiger partial charge in [0.1, 0.15) is 6.61 Å². The average molecular weight is 449 g/mol. The van der Waals surface area contributed by atoms with Crippen molar-refractivity contribution in [1.82, 2.24) is 5.32 Å². The van der Waals surface area contributed by atoms with Crippen molar-refractivity contribution in [3.8, 4) is 11.5 Å². The maximum absolute atomic E-state index is 5.95. The molecule has 0 amide bonds. The SMILES string of the molecule is COc1cc(CNCC(C)C)cc(Br)c1OCc1ccc(Cl)cc1.Cl. The van der Waals surface area contributed by atoms with Gasteiger partial charge in [0.05, 0.1) is 11.6 Å². The maximum atomic E-state index is 5.95. The van der Waals surface area contributed by atoms with Crippen LogP contribution in [0.3, 0.4) is 0 Å². The van der Waals surface area contributed by atoms with E-state index in [1.165, 1.54) is 0 Å². The summed E-state index contributed by atoms with van der Waals surface area (Å²) in [6.45, 7) is 6.62. The molecule has 0 unspecified atom stereocenters. The number of benzene rings is 2. The third-order valence-electron chi connectivity index (χ3n) is 3.47. The van der Waals surface area contributed by atoms with Gasteiger partial charge in [0.2, 0.25) is 0 Å². The lowest BCUT2D eigenvalue weighted by Gasteiger charge is -2.15. The van der Waals surface area contributed by atoms with E-state index in [-0.39, 0.29) is 12.4 Å². The highest BCUT2D eigenvalue weighted by molar-refractivity contribution is 9.10. The van der Waals surface area contributed by atoms with Gasteiger partial charge in [0.25, 0.3) is 0 Å². The first-order valence-corrected chi connectivity index (χ1v) is 9.11. The van der Waals surface area contributed by atoms with Crippen molar-refractivity contribution < 1.29 is 9.47 Å². The first-order valence-electron chi connectivity index (χ1n) is 7.94. The molecule has 0 saturated carbocycles. The monoisotopic (exact) mass is 447 g/mol. The number of hydrogen-bond acceptors (Lipinski definition) is 3. The summed E-state index contributed by atoms with van der Waals surface area (Å²) in [5.41, 5.74) is 2.20. The largest absolute Gasteiger partial charge is 0.493 e. The molecule has 2 aromatic carbocycles. The molecule has 0 bridgehead atoms. The van der Waals surface area contributed by atoms with Gasteiger partial charge in [-0.05, 0) is 63.8 Å². The van der Waals surface area contributed by atoms with Gasteiger partial charge >= 0.3 is 0 Å². The Hall–Kier alpha value is -0.940. The van der Waals surface area contributed by atoms with Crippen molar-refractivity contribution in [2.75, 3.05) is 13.7 Å². The van der Waals surface area contributed by atoms with Crippen LogP contribution in [0.1, 0.15) is 25.0 Å². The Kier molecular flexibility index (Phi) is 9.65. The lowest BCUT2D eigenvalue weighted by molar-refractivity contribution is 0.282. The van der Waals surface area contributed by atoms with Crippen molar-refractivity contribution in [2.45, 2.75) is 27.0 Å². The van der Waals surface area contributed by atoms with E-state index in [1.807, 2.05) is 30.3 Å². The summed E-state index contributed by atoms with van der Waals surface area (Å²) < 4.78 is 12.3. The molecule has 0 aliphatic carbocycles. The van der Waals surface area contributed by atoms with Crippen molar-refractivity contribution >= 4 is 39.9 Å². The molecule has 0 heterocycles. The van der Waals surface area contributed by atoms with Gasteiger partial charge in [-0.2, -0.15) is 0 Å². The van der Waals surface area contributed by atoms with E-state index < -0.39 is 0 Å². The van der Waals surface area contributed by atoms with Crippen molar-refractivity contribution in [3.05, 3.63) is 57.0 Å². The number of nitrogens with one attached hydrogen (secondary N) is 1. The molecule has 0 aliphatic heterocycles. The fourth-order valence-electron chi connectivity index (χ4n) is 2.26. The zero-order chi connectivity index (χ0) is 17.5. The Bertz CT molecular complexity index is 663. The summed E-state index contributed by atoms with van der Waals surface area (Å²) in [5, 5.41) is 4.15. The second kappa shape index (κ2) is 10.9. The third kappa shape index (κ3) is 7.06. The Morgan fingerprint density at radius 2 is 1.80 bits per heavy atom. The van der Waals surface area contributed by atoms with Crippen molar-refractivity contribution in [1.29, 1.82) is 0 Å². The lowest BCUT2D eigenvalue weighted by atomic mass is 10.1. The van der Waals surface area contributed by atoms with Gasteiger partial charge in [-0.3, -0.25) is 0 Å². The quantitative estimate of drug-likeness (QED) is 0.548. The van der Waals surface area contributed by atoms with Crippen molar-refractivity contribution in [2.24, 2.45) is 5.92 Å². The molecule has 0 spiro atoms. The molecule has 0 saturated heterocycles. The zero-order valence-corrected chi connectivity index (χ0v) is 17.8. The summed E-state index contributed by atoms with van der Waals surface area (Å²) >= 11 is 9.50. The van der Waals surface area contributed by atoms with Crippen LogP contribution < -0.4 is 14.8 Å². The predicted octanol–water partition coefficient (Wildman–Crippen LogP) is 5.86. The Balaban J connectivity index is 0.00000312. The Labute approximate surface area is 169 Å².